The van der Waals surface area contributed by atoms with Crippen LogP contribution in [-0.4, -0.2) is 30.8 Å². The van der Waals surface area contributed by atoms with Crippen LogP contribution in [0.3, 0.4) is 0 Å². The monoisotopic (exact) mass is 280 g/mol. The summed E-state index contributed by atoms with van der Waals surface area (Å²) in [5, 5.41) is 0. The second-order valence-corrected chi connectivity index (χ2v) is 5.12. The van der Waals surface area contributed by atoms with Crippen LogP contribution < -0.4 is 4.74 Å². The van der Waals surface area contributed by atoms with Gasteiger partial charge < -0.3 is 14.2 Å². The van der Waals surface area contributed by atoms with Crippen LogP contribution in [0.25, 0.3) is 0 Å². The van der Waals surface area contributed by atoms with Gasteiger partial charge in [0.25, 0.3) is 0 Å². The average Bonchev–Trinajstić information content (AvgIpc) is 2.35. The van der Waals surface area contributed by atoms with Gasteiger partial charge in [-0.1, -0.05) is 6.07 Å². The number of ether oxygens (including phenoxy) is 3. The maximum atomic E-state index is 11.9. The summed E-state index contributed by atoms with van der Waals surface area (Å²) in [6.45, 7) is 7.23. The predicted octanol–water partition coefficient (Wildman–Crippen LogP) is 2.58. The van der Waals surface area contributed by atoms with E-state index in [1.807, 2.05) is 0 Å². The van der Waals surface area contributed by atoms with E-state index in [0.717, 1.165) is 0 Å². The number of carbonyl (C=O) groups excluding carboxylic acids is 2. The molecule has 1 rings (SSSR count). The SMILES string of the molecule is CCOC(=O)COc1cccc(C(=O)OC(C)(C)C)c1. The fourth-order valence-corrected chi connectivity index (χ4v) is 1.39. The Hall–Kier alpha value is -2.04. The van der Waals surface area contributed by atoms with E-state index in [1.54, 1.807) is 45.9 Å². The van der Waals surface area contributed by atoms with Crippen molar-refractivity contribution >= 4 is 11.9 Å². The zero-order chi connectivity index (χ0) is 15.2. The minimum atomic E-state index is -0.557. The van der Waals surface area contributed by atoms with Crippen molar-refractivity contribution in [3.63, 3.8) is 0 Å². The van der Waals surface area contributed by atoms with Gasteiger partial charge in [-0.3, -0.25) is 0 Å². The van der Waals surface area contributed by atoms with Gasteiger partial charge in [0.1, 0.15) is 11.4 Å². The van der Waals surface area contributed by atoms with E-state index >= 15 is 0 Å². The average molecular weight is 280 g/mol. The smallest absolute Gasteiger partial charge is 0.344 e. The molecular formula is C15H20O5. The van der Waals surface area contributed by atoms with E-state index < -0.39 is 17.5 Å². The summed E-state index contributed by atoms with van der Waals surface area (Å²) in [4.78, 5) is 23.1. The topological polar surface area (TPSA) is 61.8 Å². The molecule has 20 heavy (non-hydrogen) atoms. The zero-order valence-corrected chi connectivity index (χ0v) is 12.3. The van der Waals surface area contributed by atoms with Gasteiger partial charge in [-0.15, -0.1) is 0 Å². The number of rotatable bonds is 5. The fraction of sp³-hybridized carbons (Fsp3) is 0.467. The van der Waals surface area contributed by atoms with Crippen molar-refractivity contribution in [2.45, 2.75) is 33.3 Å². The van der Waals surface area contributed by atoms with Gasteiger partial charge in [0.05, 0.1) is 12.2 Å². The molecule has 0 spiro atoms. The summed E-state index contributed by atoms with van der Waals surface area (Å²) in [6, 6.07) is 6.49. The third kappa shape index (κ3) is 5.73. The maximum absolute atomic E-state index is 11.9. The van der Waals surface area contributed by atoms with Crippen LogP contribution in [0.5, 0.6) is 5.75 Å². The summed E-state index contributed by atoms with van der Waals surface area (Å²) in [5.74, 6) is -0.462. The summed E-state index contributed by atoms with van der Waals surface area (Å²) in [5.41, 5.74) is -0.180. The van der Waals surface area contributed by atoms with Crippen LogP contribution in [0.2, 0.25) is 0 Å². The van der Waals surface area contributed by atoms with Crippen LogP contribution in [0.15, 0.2) is 24.3 Å². The molecule has 0 unspecified atom stereocenters. The van der Waals surface area contributed by atoms with E-state index in [-0.39, 0.29) is 6.61 Å². The Bertz CT molecular complexity index is 473. The second kappa shape index (κ2) is 6.93. The fourth-order valence-electron chi connectivity index (χ4n) is 1.39. The van der Waals surface area contributed by atoms with Crippen LogP contribution in [0.4, 0.5) is 0 Å². The number of hydrogen-bond donors (Lipinski definition) is 0. The highest BCUT2D eigenvalue weighted by atomic mass is 16.6. The lowest BCUT2D eigenvalue weighted by Gasteiger charge is -2.19. The first kappa shape index (κ1) is 16.0. The highest BCUT2D eigenvalue weighted by Gasteiger charge is 2.18. The highest BCUT2D eigenvalue weighted by Crippen LogP contribution is 2.17. The largest absolute Gasteiger partial charge is 0.482 e. The number of benzene rings is 1. The number of hydrogen-bond acceptors (Lipinski definition) is 5. The molecule has 5 nitrogen and oxygen atoms in total. The second-order valence-electron chi connectivity index (χ2n) is 5.12. The lowest BCUT2D eigenvalue weighted by atomic mass is 10.1. The van der Waals surface area contributed by atoms with E-state index in [2.05, 4.69) is 0 Å². The molecule has 0 aliphatic heterocycles. The van der Waals surface area contributed by atoms with E-state index in [9.17, 15) is 9.59 Å². The minimum absolute atomic E-state index is 0.189. The molecule has 0 aliphatic rings. The molecule has 0 saturated carbocycles. The van der Waals surface area contributed by atoms with E-state index in [1.165, 1.54) is 6.07 Å². The van der Waals surface area contributed by atoms with Crippen LogP contribution in [0, 0.1) is 0 Å². The number of carbonyl (C=O) groups is 2. The molecule has 5 heteroatoms. The lowest BCUT2D eigenvalue weighted by molar-refractivity contribution is -0.145. The third-order valence-electron chi connectivity index (χ3n) is 2.13. The van der Waals surface area contributed by atoms with Crippen molar-refractivity contribution in [2.75, 3.05) is 13.2 Å². The van der Waals surface area contributed by atoms with Crippen LogP contribution in [-0.2, 0) is 14.3 Å². The Morgan fingerprint density at radius 1 is 1.20 bits per heavy atom. The normalized spacial score (nSPS) is 10.8. The zero-order valence-electron chi connectivity index (χ0n) is 12.3. The quantitative estimate of drug-likeness (QED) is 0.776. The molecule has 110 valence electrons. The molecule has 0 fully saturated rings. The summed E-state index contributed by atoms with van der Waals surface area (Å²) in [7, 11) is 0. The standard InChI is InChI=1S/C15H20O5/c1-5-18-13(16)10-19-12-8-6-7-11(9-12)14(17)20-15(2,3)4/h6-9H,5,10H2,1-4H3. The lowest BCUT2D eigenvalue weighted by Crippen LogP contribution is -2.23. The Labute approximate surface area is 118 Å². The summed E-state index contributed by atoms with van der Waals surface area (Å²) < 4.78 is 15.3. The maximum Gasteiger partial charge on any atom is 0.344 e. The van der Waals surface area contributed by atoms with Gasteiger partial charge in [0.15, 0.2) is 6.61 Å². The van der Waals surface area contributed by atoms with Crippen molar-refractivity contribution in [1.82, 2.24) is 0 Å². The molecule has 0 bridgehead atoms. The molecule has 0 radical (unpaired) electrons. The molecular weight excluding hydrogens is 260 g/mol. The molecule has 0 N–H and O–H groups in total. The Balaban J connectivity index is 2.66. The molecule has 0 aromatic heterocycles. The van der Waals surface area contributed by atoms with Crippen molar-refractivity contribution in [3.8, 4) is 5.75 Å². The minimum Gasteiger partial charge on any atom is -0.482 e. The van der Waals surface area contributed by atoms with Crippen molar-refractivity contribution < 1.29 is 23.8 Å². The van der Waals surface area contributed by atoms with Gasteiger partial charge >= 0.3 is 11.9 Å². The van der Waals surface area contributed by atoms with Crippen molar-refractivity contribution in [2.24, 2.45) is 0 Å². The first-order chi connectivity index (χ1) is 9.31. The molecule has 0 atom stereocenters. The molecule has 0 amide bonds. The van der Waals surface area contributed by atoms with Crippen LogP contribution >= 0.6 is 0 Å². The van der Waals surface area contributed by atoms with Crippen molar-refractivity contribution in [3.05, 3.63) is 29.8 Å². The Kier molecular flexibility index (Phi) is 5.55. The molecule has 0 heterocycles. The first-order valence-corrected chi connectivity index (χ1v) is 6.43. The first-order valence-electron chi connectivity index (χ1n) is 6.43. The van der Waals surface area contributed by atoms with E-state index in [0.29, 0.717) is 17.9 Å². The highest BCUT2D eigenvalue weighted by molar-refractivity contribution is 5.90. The van der Waals surface area contributed by atoms with E-state index in [4.69, 9.17) is 14.2 Å². The van der Waals surface area contributed by atoms with Gasteiger partial charge in [0.2, 0.25) is 0 Å². The Morgan fingerprint density at radius 2 is 1.90 bits per heavy atom. The number of esters is 2. The van der Waals surface area contributed by atoms with Gasteiger partial charge in [-0.25, -0.2) is 9.59 Å². The summed E-state index contributed by atoms with van der Waals surface area (Å²) >= 11 is 0. The van der Waals surface area contributed by atoms with Gasteiger partial charge in [0, 0.05) is 0 Å². The molecule has 1 aromatic rings. The molecule has 1 aromatic carbocycles. The van der Waals surface area contributed by atoms with Gasteiger partial charge in [-0.2, -0.15) is 0 Å². The van der Waals surface area contributed by atoms with Gasteiger partial charge in [-0.05, 0) is 45.9 Å². The molecule has 0 saturated heterocycles. The third-order valence-corrected chi connectivity index (χ3v) is 2.13. The Morgan fingerprint density at radius 3 is 2.50 bits per heavy atom. The predicted molar refractivity (Wildman–Crippen MR) is 73.7 cm³/mol. The summed E-state index contributed by atoms with van der Waals surface area (Å²) in [6.07, 6.45) is 0. The molecule has 0 aliphatic carbocycles. The van der Waals surface area contributed by atoms with Crippen molar-refractivity contribution in [1.29, 1.82) is 0 Å². The van der Waals surface area contributed by atoms with Crippen LogP contribution in [0.1, 0.15) is 38.1 Å².